The molecular weight excluding hydrogens is 243 g/mol. The number of carbonyl (C=O) groups is 1. The van der Waals surface area contributed by atoms with Gasteiger partial charge in [-0.3, -0.25) is 4.79 Å². The fourth-order valence-electron chi connectivity index (χ4n) is 1.94. The monoisotopic (exact) mass is 254 g/mol. The van der Waals surface area contributed by atoms with Crippen LogP contribution in [0, 0.1) is 5.82 Å². The zero-order valence-electron chi connectivity index (χ0n) is 9.98. The van der Waals surface area contributed by atoms with Crippen LogP contribution in [0.5, 0.6) is 0 Å². The fourth-order valence-corrected chi connectivity index (χ4v) is 1.94. The smallest absolute Gasteiger partial charge is 0.272 e. The van der Waals surface area contributed by atoms with Crippen LogP contribution in [-0.4, -0.2) is 10.9 Å². The van der Waals surface area contributed by atoms with Gasteiger partial charge in [-0.2, -0.15) is 0 Å². The number of hydrogen-bond donors (Lipinski definition) is 2. The molecule has 3 nitrogen and oxygen atoms in total. The summed E-state index contributed by atoms with van der Waals surface area (Å²) in [5, 5.41) is 3.58. The van der Waals surface area contributed by atoms with Gasteiger partial charge in [0.1, 0.15) is 11.5 Å². The highest BCUT2D eigenvalue weighted by Crippen LogP contribution is 2.17. The Bertz CT molecular complexity index is 734. The van der Waals surface area contributed by atoms with Crippen LogP contribution in [0.1, 0.15) is 10.5 Å². The van der Waals surface area contributed by atoms with Gasteiger partial charge in [-0.1, -0.05) is 18.2 Å². The molecule has 0 bridgehead atoms. The normalized spacial score (nSPS) is 10.6. The molecule has 3 aromatic rings. The molecule has 0 atom stereocenters. The van der Waals surface area contributed by atoms with Crippen molar-refractivity contribution in [1.29, 1.82) is 0 Å². The van der Waals surface area contributed by atoms with Gasteiger partial charge in [0.2, 0.25) is 0 Å². The van der Waals surface area contributed by atoms with Gasteiger partial charge < -0.3 is 10.3 Å². The lowest BCUT2D eigenvalue weighted by atomic mass is 10.2. The third kappa shape index (κ3) is 2.33. The summed E-state index contributed by atoms with van der Waals surface area (Å²) in [6, 6.07) is 15.3. The van der Waals surface area contributed by atoms with E-state index in [9.17, 15) is 9.18 Å². The molecule has 3 rings (SSSR count). The van der Waals surface area contributed by atoms with Crippen molar-refractivity contribution in [2.75, 3.05) is 5.32 Å². The summed E-state index contributed by atoms with van der Waals surface area (Å²) in [4.78, 5) is 14.9. The van der Waals surface area contributed by atoms with E-state index >= 15 is 0 Å². The lowest BCUT2D eigenvalue weighted by Gasteiger charge is -2.02. The summed E-state index contributed by atoms with van der Waals surface area (Å²) in [6.45, 7) is 0. The van der Waals surface area contributed by atoms with Crippen LogP contribution in [0.15, 0.2) is 54.6 Å². The highest BCUT2D eigenvalue weighted by molar-refractivity contribution is 6.05. The number of amides is 1. The summed E-state index contributed by atoms with van der Waals surface area (Å²) in [6.07, 6.45) is 0. The van der Waals surface area contributed by atoms with Gasteiger partial charge in [0.15, 0.2) is 0 Å². The number of nitrogens with one attached hydrogen (secondary N) is 2. The van der Waals surface area contributed by atoms with Crippen LogP contribution in [0.3, 0.4) is 0 Å². The van der Waals surface area contributed by atoms with Crippen LogP contribution in [0.4, 0.5) is 10.1 Å². The zero-order valence-corrected chi connectivity index (χ0v) is 9.98. The van der Waals surface area contributed by atoms with Crippen molar-refractivity contribution in [3.05, 3.63) is 66.1 Å². The average molecular weight is 254 g/mol. The number of aromatic amines is 1. The first-order valence-corrected chi connectivity index (χ1v) is 5.87. The Labute approximate surface area is 109 Å². The topological polar surface area (TPSA) is 44.9 Å². The summed E-state index contributed by atoms with van der Waals surface area (Å²) >= 11 is 0. The first kappa shape index (κ1) is 11.5. The quantitative estimate of drug-likeness (QED) is 0.721. The van der Waals surface area contributed by atoms with Crippen molar-refractivity contribution in [3.63, 3.8) is 0 Å². The van der Waals surface area contributed by atoms with Gasteiger partial charge >= 0.3 is 0 Å². The molecule has 1 amide bonds. The summed E-state index contributed by atoms with van der Waals surface area (Å²) in [5.41, 5.74) is 1.74. The first-order valence-electron chi connectivity index (χ1n) is 5.87. The Morgan fingerprint density at radius 1 is 1.05 bits per heavy atom. The van der Waals surface area contributed by atoms with Crippen molar-refractivity contribution < 1.29 is 9.18 Å². The number of H-pyrrole nitrogens is 1. The van der Waals surface area contributed by atoms with Crippen molar-refractivity contribution >= 4 is 22.5 Å². The van der Waals surface area contributed by atoms with E-state index in [1.807, 2.05) is 18.2 Å². The predicted molar refractivity (Wildman–Crippen MR) is 72.7 cm³/mol. The maximum Gasteiger partial charge on any atom is 0.272 e. The molecule has 94 valence electrons. The second kappa shape index (κ2) is 4.57. The molecule has 0 radical (unpaired) electrons. The second-order valence-corrected chi connectivity index (χ2v) is 4.23. The van der Waals surface area contributed by atoms with E-state index in [1.165, 1.54) is 12.1 Å². The fraction of sp³-hybridized carbons (Fsp3) is 0. The minimum absolute atomic E-state index is 0.247. The van der Waals surface area contributed by atoms with Crippen LogP contribution < -0.4 is 5.32 Å². The van der Waals surface area contributed by atoms with Crippen LogP contribution in [-0.2, 0) is 0 Å². The molecule has 0 saturated carbocycles. The lowest BCUT2D eigenvalue weighted by molar-refractivity contribution is 0.102. The standard InChI is InChI=1S/C15H11FN2O/c16-11-7-6-10-8-14(18-13(10)9-11)15(19)17-12-4-2-1-3-5-12/h1-9,18H,(H,17,19). The highest BCUT2D eigenvalue weighted by atomic mass is 19.1. The number of halogens is 1. The number of aromatic nitrogens is 1. The molecule has 0 saturated heterocycles. The Morgan fingerprint density at radius 2 is 1.84 bits per heavy atom. The van der Waals surface area contributed by atoms with Gasteiger partial charge in [0, 0.05) is 16.6 Å². The van der Waals surface area contributed by atoms with Crippen LogP contribution in [0.2, 0.25) is 0 Å². The molecule has 0 aliphatic heterocycles. The van der Waals surface area contributed by atoms with Crippen molar-refractivity contribution in [2.45, 2.75) is 0 Å². The average Bonchev–Trinajstić information content (AvgIpc) is 2.83. The summed E-state index contributed by atoms with van der Waals surface area (Å²) in [5.74, 6) is -0.577. The molecule has 19 heavy (non-hydrogen) atoms. The predicted octanol–water partition coefficient (Wildman–Crippen LogP) is 3.56. The van der Waals surface area contributed by atoms with E-state index in [2.05, 4.69) is 10.3 Å². The van der Waals surface area contributed by atoms with Gasteiger partial charge in [-0.05, 0) is 36.4 Å². The number of rotatable bonds is 2. The molecular formula is C15H11FN2O. The maximum atomic E-state index is 13.1. The minimum atomic E-state index is -0.329. The van der Waals surface area contributed by atoms with E-state index in [0.717, 1.165) is 11.1 Å². The molecule has 4 heteroatoms. The van der Waals surface area contributed by atoms with Crippen LogP contribution >= 0.6 is 0 Å². The number of benzene rings is 2. The lowest BCUT2D eigenvalue weighted by Crippen LogP contribution is -2.11. The maximum absolute atomic E-state index is 13.1. The molecule has 1 aromatic heterocycles. The Morgan fingerprint density at radius 3 is 2.63 bits per heavy atom. The molecule has 0 unspecified atom stereocenters. The first-order chi connectivity index (χ1) is 9.22. The number of carbonyl (C=O) groups excluding carboxylic acids is 1. The van der Waals surface area contributed by atoms with E-state index in [-0.39, 0.29) is 11.7 Å². The van der Waals surface area contributed by atoms with Crippen molar-refractivity contribution in [1.82, 2.24) is 4.98 Å². The molecule has 2 aromatic carbocycles. The Balaban J connectivity index is 1.89. The molecule has 0 fully saturated rings. The highest BCUT2D eigenvalue weighted by Gasteiger charge is 2.09. The molecule has 0 aliphatic rings. The number of hydrogen-bond acceptors (Lipinski definition) is 1. The Hall–Kier alpha value is -2.62. The zero-order chi connectivity index (χ0) is 13.2. The molecule has 1 heterocycles. The van der Waals surface area contributed by atoms with E-state index in [4.69, 9.17) is 0 Å². The summed E-state index contributed by atoms with van der Waals surface area (Å²) < 4.78 is 13.1. The van der Waals surface area contributed by atoms with E-state index in [0.29, 0.717) is 11.2 Å². The van der Waals surface area contributed by atoms with Crippen LogP contribution in [0.25, 0.3) is 10.9 Å². The third-order valence-electron chi connectivity index (χ3n) is 2.86. The SMILES string of the molecule is O=C(Nc1ccccc1)c1cc2ccc(F)cc2[nH]1. The second-order valence-electron chi connectivity index (χ2n) is 4.23. The van der Waals surface area contributed by atoms with Crippen molar-refractivity contribution in [2.24, 2.45) is 0 Å². The molecule has 0 aliphatic carbocycles. The Kier molecular flexibility index (Phi) is 2.76. The minimum Gasteiger partial charge on any atom is -0.350 e. The van der Waals surface area contributed by atoms with Gasteiger partial charge in [0.05, 0.1) is 0 Å². The number of para-hydroxylation sites is 1. The molecule has 2 N–H and O–H groups in total. The molecule has 0 spiro atoms. The van der Waals surface area contributed by atoms with E-state index < -0.39 is 0 Å². The summed E-state index contributed by atoms with van der Waals surface area (Å²) in [7, 11) is 0. The number of fused-ring (bicyclic) bond motifs is 1. The van der Waals surface area contributed by atoms with Gasteiger partial charge in [-0.25, -0.2) is 4.39 Å². The third-order valence-corrected chi connectivity index (χ3v) is 2.86. The van der Waals surface area contributed by atoms with Crippen molar-refractivity contribution in [3.8, 4) is 0 Å². The largest absolute Gasteiger partial charge is 0.350 e. The van der Waals surface area contributed by atoms with E-state index in [1.54, 1.807) is 24.3 Å². The number of anilines is 1. The van der Waals surface area contributed by atoms with Gasteiger partial charge in [-0.15, -0.1) is 0 Å². The van der Waals surface area contributed by atoms with Gasteiger partial charge in [0.25, 0.3) is 5.91 Å².